The number of rotatable bonds is 9. The SMILES string of the molecule is CCN(CC(=O)Nc1ccc(N2CCOCC2)cc1)C(=O)COc1ccccc1[N+](=O)[O-]. The number of ether oxygens (including phenoxy) is 2. The van der Waals surface area contributed by atoms with Gasteiger partial charge >= 0.3 is 5.69 Å². The molecule has 3 rings (SSSR count). The van der Waals surface area contributed by atoms with Crippen LogP contribution < -0.4 is 15.0 Å². The highest BCUT2D eigenvalue weighted by atomic mass is 16.6. The predicted molar refractivity (Wildman–Crippen MR) is 119 cm³/mol. The van der Waals surface area contributed by atoms with E-state index in [1.807, 2.05) is 24.3 Å². The Balaban J connectivity index is 1.51. The number of nitrogens with zero attached hydrogens (tertiary/aromatic N) is 3. The lowest BCUT2D eigenvalue weighted by molar-refractivity contribution is -0.385. The topological polar surface area (TPSA) is 114 Å². The van der Waals surface area contributed by atoms with E-state index in [1.54, 1.807) is 13.0 Å². The van der Waals surface area contributed by atoms with E-state index in [-0.39, 0.29) is 23.9 Å². The van der Waals surface area contributed by atoms with Crippen LogP contribution in [0.15, 0.2) is 48.5 Å². The van der Waals surface area contributed by atoms with Crippen molar-refractivity contribution in [1.82, 2.24) is 4.90 Å². The van der Waals surface area contributed by atoms with Gasteiger partial charge in [0.05, 0.1) is 24.7 Å². The van der Waals surface area contributed by atoms with Crippen LogP contribution in [0, 0.1) is 10.1 Å². The molecular weight excluding hydrogens is 416 g/mol. The highest BCUT2D eigenvalue weighted by molar-refractivity contribution is 5.94. The number of morpholine rings is 1. The molecule has 10 nitrogen and oxygen atoms in total. The first kappa shape index (κ1) is 23.0. The molecule has 0 unspecified atom stereocenters. The zero-order valence-electron chi connectivity index (χ0n) is 17.9. The molecule has 0 atom stereocenters. The average Bonchev–Trinajstić information content (AvgIpc) is 2.82. The number of nitro groups is 1. The van der Waals surface area contributed by atoms with Crippen molar-refractivity contribution in [1.29, 1.82) is 0 Å². The number of hydrogen-bond donors (Lipinski definition) is 1. The van der Waals surface area contributed by atoms with Gasteiger partial charge in [-0.15, -0.1) is 0 Å². The number of hydrogen-bond acceptors (Lipinski definition) is 7. The van der Waals surface area contributed by atoms with E-state index in [4.69, 9.17) is 9.47 Å². The lowest BCUT2D eigenvalue weighted by Crippen LogP contribution is -2.40. The van der Waals surface area contributed by atoms with Gasteiger partial charge in [-0.2, -0.15) is 0 Å². The number of likely N-dealkylation sites (N-methyl/N-ethyl adjacent to an activating group) is 1. The molecule has 2 aromatic carbocycles. The molecule has 1 N–H and O–H groups in total. The number of carbonyl (C=O) groups excluding carboxylic acids is 2. The van der Waals surface area contributed by atoms with Crippen LogP contribution in [0.3, 0.4) is 0 Å². The highest BCUT2D eigenvalue weighted by Gasteiger charge is 2.19. The van der Waals surface area contributed by atoms with Gasteiger partial charge in [0.15, 0.2) is 12.4 Å². The van der Waals surface area contributed by atoms with Gasteiger partial charge in [-0.25, -0.2) is 0 Å². The normalized spacial score (nSPS) is 13.3. The Kier molecular flexibility index (Phi) is 7.98. The van der Waals surface area contributed by atoms with Gasteiger partial charge < -0.3 is 24.6 Å². The van der Waals surface area contributed by atoms with E-state index < -0.39 is 17.4 Å². The average molecular weight is 442 g/mol. The third-order valence-electron chi connectivity index (χ3n) is 5.01. The first-order valence-electron chi connectivity index (χ1n) is 10.3. The van der Waals surface area contributed by atoms with Gasteiger partial charge in [0, 0.05) is 37.1 Å². The number of para-hydroxylation sites is 2. The Hall–Kier alpha value is -3.66. The van der Waals surface area contributed by atoms with Crippen molar-refractivity contribution in [2.24, 2.45) is 0 Å². The Labute approximate surface area is 185 Å². The van der Waals surface area contributed by atoms with Crippen molar-refractivity contribution in [3.8, 4) is 5.75 Å². The van der Waals surface area contributed by atoms with Crippen molar-refractivity contribution in [3.05, 3.63) is 58.6 Å². The molecule has 1 heterocycles. The minimum absolute atomic E-state index is 0.00622. The van der Waals surface area contributed by atoms with Crippen molar-refractivity contribution < 1.29 is 24.0 Å². The highest BCUT2D eigenvalue weighted by Crippen LogP contribution is 2.25. The maximum Gasteiger partial charge on any atom is 0.310 e. The van der Waals surface area contributed by atoms with Gasteiger partial charge in [0.25, 0.3) is 5.91 Å². The Morgan fingerprint density at radius 2 is 1.84 bits per heavy atom. The molecule has 0 saturated carbocycles. The van der Waals surface area contributed by atoms with E-state index in [9.17, 15) is 19.7 Å². The van der Waals surface area contributed by atoms with Crippen molar-refractivity contribution in [3.63, 3.8) is 0 Å². The molecule has 2 aromatic rings. The summed E-state index contributed by atoms with van der Waals surface area (Å²) < 4.78 is 10.7. The second-order valence-electron chi connectivity index (χ2n) is 7.12. The molecule has 10 heteroatoms. The molecule has 0 spiro atoms. The first-order valence-corrected chi connectivity index (χ1v) is 10.3. The number of benzene rings is 2. The molecule has 0 radical (unpaired) electrons. The van der Waals surface area contributed by atoms with E-state index >= 15 is 0 Å². The molecule has 1 fully saturated rings. The molecule has 0 bridgehead atoms. The summed E-state index contributed by atoms with van der Waals surface area (Å²) in [5, 5.41) is 13.8. The Bertz CT molecular complexity index is 944. The molecule has 1 aliphatic heterocycles. The first-order chi connectivity index (χ1) is 15.5. The lowest BCUT2D eigenvalue weighted by atomic mass is 10.2. The fourth-order valence-corrected chi connectivity index (χ4v) is 3.29. The van der Waals surface area contributed by atoms with Crippen LogP contribution in [0.25, 0.3) is 0 Å². The van der Waals surface area contributed by atoms with Crippen LogP contribution in [-0.4, -0.2) is 67.6 Å². The zero-order valence-corrected chi connectivity index (χ0v) is 17.9. The summed E-state index contributed by atoms with van der Waals surface area (Å²) in [6.45, 7) is 4.53. The van der Waals surface area contributed by atoms with Gasteiger partial charge in [0.1, 0.15) is 0 Å². The number of carbonyl (C=O) groups is 2. The quantitative estimate of drug-likeness (QED) is 0.468. The standard InChI is InChI=1S/C22H26N4O6/c1-2-24(22(28)16-32-20-6-4-3-5-19(20)26(29)30)15-21(27)23-17-7-9-18(10-8-17)25-11-13-31-14-12-25/h3-10H,2,11-16H2,1H3,(H,23,27). The van der Waals surface area contributed by atoms with Gasteiger partial charge in [0.2, 0.25) is 5.91 Å². The Morgan fingerprint density at radius 3 is 2.50 bits per heavy atom. The van der Waals surface area contributed by atoms with Crippen LogP contribution in [0.5, 0.6) is 5.75 Å². The van der Waals surface area contributed by atoms with E-state index in [0.29, 0.717) is 25.4 Å². The second-order valence-corrected chi connectivity index (χ2v) is 7.12. The minimum atomic E-state index is -0.574. The molecule has 170 valence electrons. The van der Waals surface area contributed by atoms with Crippen LogP contribution in [0.2, 0.25) is 0 Å². The summed E-state index contributed by atoms with van der Waals surface area (Å²) in [6.07, 6.45) is 0. The summed E-state index contributed by atoms with van der Waals surface area (Å²) in [5.41, 5.74) is 1.47. The molecule has 2 amide bonds. The number of nitrogens with one attached hydrogen (secondary N) is 1. The molecular formula is C22H26N4O6. The third-order valence-corrected chi connectivity index (χ3v) is 5.01. The van der Waals surface area contributed by atoms with Crippen LogP contribution in [-0.2, 0) is 14.3 Å². The summed E-state index contributed by atoms with van der Waals surface area (Å²) in [7, 11) is 0. The van der Waals surface area contributed by atoms with Crippen molar-refractivity contribution in [2.45, 2.75) is 6.92 Å². The minimum Gasteiger partial charge on any atom is -0.477 e. The molecule has 0 aromatic heterocycles. The number of anilines is 2. The summed E-state index contributed by atoms with van der Waals surface area (Å²) in [6, 6.07) is 13.3. The van der Waals surface area contributed by atoms with Crippen LogP contribution >= 0.6 is 0 Å². The summed E-state index contributed by atoms with van der Waals surface area (Å²) in [5.74, 6) is -0.778. The van der Waals surface area contributed by atoms with Crippen molar-refractivity contribution >= 4 is 28.9 Å². The second kappa shape index (κ2) is 11.1. The smallest absolute Gasteiger partial charge is 0.310 e. The van der Waals surface area contributed by atoms with E-state index in [2.05, 4.69) is 10.2 Å². The lowest BCUT2D eigenvalue weighted by Gasteiger charge is -2.29. The predicted octanol–water partition coefficient (Wildman–Crippen LogP) is 2.30. The van der Waals surface area contributed by atoms with Crippen molar-refractivity contribution in [2.75, 3.05) is 56.2 Å². The third kappa shape index (κ3) is 6.17. The number of amides is 2. The fourth-order valence-electron chi connectivity index (χ4n) is 3.29. The molecule has 1 aliphatic rings. The maximum atomic E-state index is 12.5. The number of nitro benzene ring substituents is 1. The largest absolute Gasteiger partial charge is 0.477 e. The van der Waals surface area contributed by atoms with Gasteiger partial charge in [-0.05, 0) is 37.3 Å². The maximum absolute atomic E-state index is 12.5. The van der Waals surface area contributed by atoms with Crippen LogP contribution in [0.4, 0.5) is 17.1 Å². The molecule has 1 saturated heterocycles. The van der Waals surface area contributed by atoms with Gasteiger partial charge in [-0.3, -0.25) is 19.7 Å². The fraction of sp³-hybridized carbons (Fsp3) is 0.364. The molecule has 32 heavy (non-hydrogen) atoms. The summed E-state index contributed by atoms with van der Waals surface area (Å²) in [4.78, 5) is 38.9. The van der Waals surface area contributed by atoms with E-state index in [1.165, 1.54) is 23.1 Å². The monoisotopic (exact) mass is 442 g/mol. The molecule has 0 aliphatic carbocycles. The van der Waals surface area contributed by atoms with E-state index in [0.717, 1.165) is 18.8 Å². The van der Waals surface area contributed by atoms with Crippen LogP contribution in [0.1, 0.15) is 6.92 Å². The Morgan fingerprint density at radius 1 is 1.16 bits per heavy atom. The summed E-state index contributed by atoms with van der Waals surface area (Å²) >= 11 is 0. The zero-order chi connectivity index (χ0) is 22.9. The van der Waals surface area contributed by atoms with Gasteiger partial charge in [-0.1, -0.05) is 12.1 Å².